The van der Waals surface area contributed by atoms with E-state index in [0.717, 1.165) is 67.3 Å². The van der Waals surface area contributed by atoms with Crippen LogP contribution in [0.5, 0.6) is 11.5 Å². The number of imidazole rings is 1. The second-order valence-electron chi connectivity index (χ2n) is 13.2. The molecule has 3 aliphatic rings. The van der Waals surface area contributed by atoms with Crippen LogP contribution >= 0.6 is 0 Å². The van der Waals surface area contributed by atoms with Crippen molar-refractivity contribution < 1.29 is 28.2 Å². The van der Waals surface area contributed by atoms with E-state index in [1.54, 1.807) is 12.1 Å². The monoisotopic (exact) mass is 661 g/mol. The number of carbonyl (C=O) groups is 1. The van der Waals surface area contributed by atoms with Gasteiger partial charge < -0.3 is 19.1 Å². The van der Waals surface area contributed by atoms with Crippen LogP contribution in [-0.2, 0) is 24.5 Å². The van der Waals surface area contributed by atoms with Crippen molar-refractivity contribution in [2.24, 2.45) is 11.3 Å². The van der Waals surface area contributed by atoms with Crippen LogP contribution in [-0.4, -0.2) is 44.7 Å². The van der Waals surface area contributed by atoms with Crippen LogP contribution in [0.25, 0.3) is 11.0 Å². The Morgan fingerprint density at radius 1 is 1.04 bits per heavy atom. The molecule has 49 heavy (non-hydrogen) atoms. The topological polar surface area (TPSA) is 124 Å². The summed E-state index contributed by atoms with van der Waals surface area (Å²) in [4.78, 5) is 19.0. The Morgan fingerprint density at radius 2 is 1.86 bits per heavy atom. The molecule has 1 saturated carbocycles. The SMILES string of the molecule is N#CCC1(Cn2c(CN3CCC(Oc4ccc(F)c(COc5ccc(C#N)cc5F)c4)CC3)nc3ccc(C4C#CC4C(=O)O)cc32)CC1. The highest BCUT2D eigenvalue weighted by molar-refractivity contribution is 5.81. The fraction of sp³-hybridized carbons (Fsp3) is 0.368. The van der Waals surface area contributed by atoms with E-state index in [1.807, 2.05) is 24.3 Å². The lowest BCUT2D eigenvalue weighted by atomic mass is 9.80. The van der Waals surface area contributed by atoms with Gasteiger partial charge in [-0.25, -0.2) is 13.8 Å². The molecule has 0 amide bonds. The van der Waals surface area contributed by atoms with Gasteiger partial charge >= 0.3 is 5.97 Å². The molecule has 2 fully saturated rings. The van der Waals surface area contributed by atoms with Gasteiger partial charge in [0, 0.05) is 37.0 Å². The molecule has 2 atom stereocenters. The molecule has 1 N–H and O–H groups in total. The van der Waals surface area contributed by atoms with Gasteiger partial charge in [-0.15, -0.1) is 0 Å². The number of aromatic nitrogens is 2. The summed E-state index contributed by atoms with van der Waals surface area (Å²) in [6, 6.07) is 18.4. The van der Waals surface area contributed by atoms with Gasteiger partial charge in [-0.1, -0.05) is 17.9 Å². The highest BCUT2D eigenvalue weighted by Gasteiger charge is 2.43. The maximum absolute atomic E-state index is 14.6. The molecular formula is C38H33F2N5O4. The summed E-state index contributed by atoms with van der Waals surface area (Å²) in [5, 5.41) is 28.0. The third-order valence-corrected chi connectivity index (χ3v) is 9.77. The number of likely N-dealkylation sites (tertiary alicyclic amines) is 1. The molecule has 9 nitrogen and oxygen atoms in total. The number of hydrogen-bond donors (Lipinski definition) is 1. The maximum atomic E-state index is 14.6. The number of piperidine rings is 1. The Bertz CT molecular complexity index is 2080. The van der Waals surface area contributed by atoms with Crippen molar-refractivity contribution in [2.45, 2.75) is 63.8 Å². The first-order valence-electron chi connectivity index (χ1n) is 16.3. The lowest BCUT2D eigenvalue weighted by Crippen LogP contribution is -2.38. The molecule has 7 rings (SSSR count). The fourth-order valence-corrected chi connectivity index (χ4v) is 6.64. The number of rotatable bonds is 12. The van der Waals surface area contributed by atoms with Gasteiger partial charge in [0.25, 0.3) is 0 Å². The number of fused-ring (bicyclic) bond motifs is 1. The predicted octanol–water partition coefficient (Wildman–Crippen LogP) is 6.30. The van der Waals surface area contributed by atoms with E-state index in [2.05, 4.69) is 27.4 Å². The van der Waals surface area contributed by atoms with Crippen molar-refractivity contribution in [1.29, 1.82) is 10.5 Å². The van der Waals surface area contributed by atoms with E-state index in [0.29, 0.717) is 25.3 Å². The number of carboxylic acids is 1. The Morgan fingerprint density at radius 3 is 2.53 bits per heavy atom. The fourth-order valence-electron chi connectivity index (χ4n) is 6.64. The number of nitriles is 2. The zero-order valence-electron chi connectivity index (χ0n) is 26.7. The number of benzene rings is 3. The van der Waals surface area contributed by atoms with Crippen molar-refractivity contribution in [3.05, 3.63) is 88.7 Å². The normalized spacial score (nSPS) is 19.6. The van der Waals surface area contributed by atoms with Crippen LogP contribution in [0.15, 0.2) is 54.6 Å². The second-order valence-corrected chi connectivity index (χ2v) is 13.2. The van der Waals surface area contributed by atoms with Crippen molar-refractivity contribution in [3.63, 3.8) is 0 Å². The average molecular weight is 662 g/mol. The summed E-state index contributed by atoms with van der Waals surface area (Å²) in [6.07, 6.45) is 3.87. The molecule has 0 radical (unpaired) electrons. The summed E-state index contributed by atoms with van der Waals surface area (Å²) in [7, 11) is 0. The van der Waals surface area contributed by atoms with Crippen molar-refractivity contribution in [1.82, 2.24) is 14.5 Å². The number of nitrogens with zero attached hydrogens (tertiary/aromatic N) is 5. The Kier molecular flexibility index (Phi) is 8.67. The molecule has 1 aliphatic heterocycles. The van der Waals surface area contributed by atoms with Crippen LogP contribution in [0.3, 0.4) is 0 Å². The summed E-state index contributed by atoms with van der Waals surface area (Å²) < 4.78 is 42.8. The highest BCUT2D eigenvalue weighted by Crippen LogP contribution is 2.50. The van der Waals surface area contributed by atoms with Crippen molar-refractivity contribution >= 4 is 17.0 Å². The molecule has 248 valence electrons. The quantitative estimate of drug-likeness (QED) is 0.175. The van der Waals surface area contributed by atoms with Crippen LogP contribution < -0.4 is 9.47 Å². The Labute approximate surface area is 282 Å². The van der Waals surface area contributed by atoms with Gasteiger partial charge in [0.05, 0.1) is 41.2 Å². The maximum Gasteiger partial charge on any atom is 0.320 e. The first kappa shape index (κ1) is 32.1. The van der Waals surface area contributed by atoms with E-state index >= 15 is 0 Å². The molecule has 2 heterocycles. The summed E-state index contributed by atoms with van der Waals surface area (Å²) in [5.41, 5.74) is 2.97. The minimum Gasteiger partial charge on any atom is -0.490 e. The molecule has 4 aromatic rings. The molecular weight excluding hydrogens is 628 g/mol. The van der Waals surface area contributed by atoms with Gasteiger partial charge in [0.15, 0.2) is 11.6 Å². The molecule has 2 unspecified atom stereocenters. The highest BCUT2D eigenvalue weighted by atomic mass is 19.1. The van der Waals surface area contributed by atoms with E-state index in [1.165, 1.54) is 18.2 Å². The summed E-state index contributed by atoms with van der Waals surface area (Å²) in [6.45, 7) is 2.62. The zero-order valence-corrected chi connectivity index (χ0v) is 26.7. The van der Waals surface area contributed by atoms with Gasteiger partial charge in [0.2, 0.25) is 0 Å². The number of hydrogen-bond acceptors (Lipinski definition) is 7. The van der Waals surface area contributed by atoms with E-state index < -0.39 is 23.5 Å². The smallest absolute Gasteiger partial charge is 0.320 e. The van der Waals surface area contributed by atoms with E-state index in [-0.39, 0.29) is 40.9 Å². The first-order chi connectivity index (χ1) is 23.7. The van der Waals surface area contributed by atoms with E-state index in [4.69, 9.17) is 19.7 Å². The first-order valence-corrected chi connectivity index (χ1v) is 16.3. The van der Waals surface area contributed by atoms with Gasteiger partial charge in [-0.2, -0.15) is 10.5 Å². The number of ether oxygens (including phenoxy) is 2. The largest absolute Gasteiger partial charge is 0.490 e. The van der Waals surface area contributed by atoms with Crippen molar-refractivity contribution in [3.8, 4) is 35.5 Å². The molecule has 0 spiro atoms. The number of carboxylic acid groups (broad SMARTS) is 1. The zero-order chi connectivity index (χ0) is 34.1. The van der Waals surface area contributed by atoms with E-state index in [9.17, 15) is 23.9 Å². The molecule has 11 heteroatoms. The Hall–Kier alpha value is -5.44. The molecule has 2 aliphatic carbocycles. The third-order valence-electron chi connectivity index (χ3n) is 9.77. The lowest BCUT2D eigenvalue weighted by molar-refractivity contribution is -0.140. The number of aliphatic carboxylic acids is 1. The lowest BCUT2D eigenvalue weighted by Gasteiger charge is -2.32. The minimum atomic E-state index is -0.915. The second kappa shape index (κ2) is 13.2. The van der Waals surface area contributed by atoms with Crippen LogP contribution in [0, 0.1) is 57.5 Å². The standard InChI is InChI=1S/C38H33F2N5O4/c39-31-6-3-28(18-26(31)22-48-35-8-1-24(20-42)17-32(35)40)49-27-9-15-44(16-10-27)21-36-43-33-7-2-25(29-4-5-30(29)37(46)47)19-34(33)45(36)23-38(11-12-38)13-14-41/h1-3,6-8,17-19,27,29-30H,9-13,15-16,21-23H2,(H,46,47). The molecule has 1 aromatic heterocycles. The summed E-state index contributed by atoms with van der Waals surface area (Å²) in [5.74, 6) is 3.95. The summed E-state index contributed by atoms with van der Waals surface area (Å²) >= 11 is 0. The van der Waals surface area contributed by atoms with Crippen LogP contribution in [0.1, 0.15) is 60.5 Å². The van der Waals surface area contributed by atoms with Crippen LogP contribution in [0.4, 0.5) is 8.78 Å². The minimum absolute atomic E-state index is 0.0664. The third kappa shape index (κ3) is 6.79. The molecule has 1 saturated heterocycles. The van der Waals surface area contributed by atoms with Gasteiger partial charge in [0.1, 0.15) is 36.0 Å². The number of halogens is 2. The van der Waals surface area contributed by atoms with Crippen molar-refractivity contribution in [2.75, 3.05) is 13.1 Å². The van der Waals surface area contributed by atoms with Gasteiger partial charge in [-0.05, 0) is 79.8 Å². The van der Waals surface area contributed by atoms with Crippen LogP contribution in [0.2, 0.25) is 0 Å². The van der Waals surface area contributed by atoms with Gasteiger partial charge in [-0.3, -0.25) is 9.69 Å². The average Bonchev–Trinajstić information content (AvgIpc) is 3.75. The molecule has 3 aromatic carbocycles. The molecule has 0 bridgehead atoms. The Balaban J connectivity index is 1.01. The predicted molar refractivity (Wildman–Crippen MR) is 174 cm³/mol.